The first-order chi connectivity index (χ1) is 14.5. The number of benzene rings is 2. The van der Waals surface area contributed by atoms with Crippen molar-refractivity contribution in [2.75, 3.05) is 0 Å². The highest BCUT2D eigenvalue weighted by atomic mass is 19.2. The van der Waals surface area contributed by atoms with Crippen molar-refractivity contribution in [1.82, 2.24) is 19.4 Å². The fourth-order valence-electron chi connectivity index (χ4n) is 3.57. The Balaban J connectivity index is 1.96. The molecule has 0 aliphatic rings. The van der Waals surface area contributed by atoms with Gasteiger partial charge in [0.2, 0.25) is 0 Å². The van der Waals surface area contributed by atoms with E-state index >= 15 is 0 Å². The summed E-state index contributed by atoms with van der Waals surface area (Å²) in [7, 11) is 0. The third-order valence-corrected chi connectivity index (χ3v) is 4.86. The lowest BCUT2D eigenvalue weighted by atomic mass is 10.1. The molecule has 0 radical (unpaired) electrons. The predicted octanol–water partition coefficient (Wildman–Crippen LogP) is 4.77. The van der Waals surface area contributed by atoms with Crippen molar-refractivity contribution in [3.05, 3.63) is 83.7 Å². The summed E-state index contributed by atoms with van der Waals surface area (Å²) < 4.78 is 59.7. The summed E-state index contributed by atoms with van der Waals surface area (Å²) >= 11 is 0. The van der Waals surface area contributed by atoms with E-state index in [4.69, 9.17) is 0 Å². The molecule has 0 unspecified atom stereocenters. The average Bonchev–Trinajstić information content (AvgIpc) is 3.35. The van der Waals surface area contributed by atoms with Crippen LogP contribution in [0, 0.1) is 34.6 Å². The Morgan fingerprint density at radius 1 is 0.833 bits per heavy atom. The molecule has 30 heavy (non-hydrogen) atoms. The van der Waals surface area contributed by atoms with Gasteiger partial charge in [0, 0.05) is 11.8 Å². The summed E-state index contributed by atoms with van der Waals surface area (Å²) in [5, 5.41) is 17.2. The molecule has 0 saturated heterocycles. The monoisotopic (exact) mass is 407 g/mol. The van der Waals surface area contributed by atoms with E-state index in [2.05, 4.69) is 10.3 Å². The predicted molar refractivity (Wildman–Crippen MR) is 99.8 cm³/mol. The quantitative estimate of drug-likeness (QED) is 0.241. The van der Waals surface area contributed by atoms with Crippen LogP contribution in [0.1, 0.15) is 5.69 Å². The Morgan fingerprint density at radius 2 is 1.53 bits per heavy atom. The van der Waals surface area contributed by atoms with E-state index in [1.54, 1.807) is 36.4 Å². The Bertz CT molecular complexity index is 1500. The SMILES string of the molecule is N#Cc1c(-c2ccccc2)nnn1-c1c2c(F)c(F)c(F)c(F)c2n2ccccc12. The van der Waals surface area contributed by atoms with E-state index in [1.807, 2.05) is 6.07 Å². The van der Waals surface area contributed by atoms with Crippen LogP contribution in [0.15, 0.2) is 54.7 Å². The average molecular weight is 407 g/mol. The second kappa shape index (κ2) is 6.42. The summed E-state index contributed by atoms with van der Waals surface area (Å²) in [4.78, 5) is 0. The number of aromatic nitrogens is 4. The summed E-state index contributed by atoms with van der Waals surface area (Å²) in [6, 6.07) is 15.3. The van der Waals surface area contributed by atoms with Crippen LogP contribution in [0.2, 0.25) is 0 Å². The van der Waals surface area contributed by atoms with Gasteiger partial charge in [-0.1, -0.05) is 41.6 Å². The van der Waals surface area contributed by atoms with Crippen LogP contribution in [0.5, 0.6) is 0 Å². The molecule has 0 aliphatic heterocycles. The minimum Gasteiger partial charge on any atom is -0.312 e. The number of fused-ring (bicyclic) bond motifs is 3. The molecule has 5 nitrogen and oxygen atoms in total. The van der Waals surface area contributed by atoms with E-state index in [-0.39, 0.29) is 22.6 Å². The van der Waals surface area contributed by atoms with E-state index in [1.165, 1.54) is 22.7 Å². The molecule has 3 aromatic heterocycles. The summed E-state index contributed by atoms with van der Waals surface area (Å²) in [5.41, 5.74) is 0.298. The normalized spacial score (nSPS) is 11.3. The van der Waals surface area contributed by atoms with Gasteiger partial charge >= 0.3 is 0 Å². The number of pyridine rings is 1. The molecule has 5 aromatic rings. The van der Waals surface area contributed by atoms with Crippen molar-refractivity contribution in [3.63, 3.8) is 0 Å². The highest BCUT2D eigenvalue weighted by Gasteiger charge is 2.29. The number of rotatable bonds is 2. The van der Waals surface area contributed by atoms with Crippen LogP contribution in [0.4, 0.5) is 17.6 Å². The number of hydrogen-bond acceptors (Lipinski definition) is 3. The molecule has 0 atom stereocenters. The zero-order valence-electron chi connectivity index (χ0n) is 14.9. The van der Waals surface area contributed by atoms with E-state index < -0.39 is 34.2 Å². The van der Waals surface area contributed by atoms with Gasteiger partial charge in [-0.2, -0.15) is 9.94 Å². The second-order valence-electron chi connectivity index (χ2n) is 6.46. The molecule has 2 aromatic carbocycles. The first-order valence-corrected chi connectivity index (χ1v) is 8.71. The zero-order valence-corrected chi connectivity index (χ0v) is 14.9. The summed E-state index contributed by atoms with van der Waals surface area (Å²) in [5.74, 6) is -6.99. The van der Waals surface area contributed by atoms with Gasteiger partial charge in [-0.25, -0.2) is 17.6 Å². The fraction of sp³-hybridized carbons (Fsp3) is 0. The number of nitriles is 1. The van der Waals surface area contributed by atoms with Crippen molar-refractivity contribution in [3.8, 4) is 23.0 Å². The number of hydrogen-bond donors (Lipinski definition) is 0. The van der Waals surface area contributed by atoms with Gasteiger partial charge in [-0.3, -0.25) is 0 Å². The lowest BCUT2D eigenvalue weighted by molar-refractivity contribution is 0.417. The second-order valence-corrected chi connectivity index (χ2v) is 6.46. The first-order valence-electron chi connectivity index (χ1n) is 8.71. The largest absolute Gasteiger partial charge is 0.312 e. The van der Waals surface area contributed by atoms with Crippen molar-refractivity contribution < 1.29 is 17.6 Å². The van der Waals surface area contributed by atoms with Crippen LogP contribution in [-0.4, -0.2) is 19.4 Å². The Kier molecular flexibility index (Phi) is 3.83. The third-order valence-electron chi connectivity index (χ3n) is 4.86. The van der Waals surface area contributed by atoms with Gasteiger partial charge in [-0.05, 0) is 12.1 Å². The highest BCUT2D eigenvalue weighted by molar-refractivity contribution is 5.99. The maximum absolute atomic E-state index is 14.8. The van der Waals surface area contributed by atoms with E-state index in [0.717, 1.165) is 4.68 Å². The van der Waals surface area contributed by atoms with Crippen molar-refractivity contribution >= 4 is 16.4 Å². The number of nitrogens with zero attached hydrogens (tertiary/aromatic N) is 5. The van der Waals surface area contributed by atoms with Crippen LogP contribution in [0.25, 0.3) is 33.4 Å². The number of halogens is 4. The van der Waals surface area contributed by atoms with E-state index in [0.29, 0.717) is 5.56 Å². The maximum Gasteiger partial charge on any atom is 0.199 e. The first kappa shape index (κ1) is 17.9. The molecular formula is C21H9F4N5. The van der Waals surface area contributed by atoms with Crippen molar-refractivity contribution in [2.45, 2.75) is 0 Å². The Hall–Kier alpha value is -4.19. The molecule has 0 fully saturated rings. The van der Waals surface area contributed by atoms with E-state index in [9.17, 15) is 22.8 Å². The van der Waals surface area contributed by atoms with Crippen LogP contribution >= 0.6 is 0 Å². The smallest absolute Gasteiger partial charge is 0.199 e. The molecule has 0 aliphatic carbocycles. The maximum atomic E-state index is 14.8. The highest BCUT2D eigenvalue weighted by Crippen LogP contribution is 2.37. The van der Waals surface area contributed by atoms with Gasteiger partial charge < -0.3 is 4.40 Å². The van der Waals surface area contributed by atoms with Gasteiger partial charge in [0.15, 0.2) is 29.0 Å². The lowest BCUT2D eigenvalue weighted by Gasteiger charge is -2.04. The summed E-state index contributed by atoms with van der Waals surface area (Å²) in [6.07, 6.45) is 1.38. The molecule has 5 rings (SSSR count). The third kappa shape index (κ3) is 2.27. The zero-order chi connectivity index (χ0) is 21.0. The molecule has 3 heterocycles. The molecule has 0 amide bonds. The fourth-order valence-corrected chi connectivity index (χ4v) is 3.57. The minimum absolute atomic E-state index is 0.0657. The van der Waals surface area contributed by atoms with Crippen LogP contribution in [-0.2, 0) is 0 Å². The molecule has 146 valence electrons. The molecule has 0 N–H and O–H groups in total. The lowest BCUT2D eigenvalue weighted by Crippen LogP contribution is -2.03. The molecule has 0 spiro atoms. The molecular weight excluding hydrogens is 398 g/mol. The standard InChI is InChI=1S/C21H9F4N5/c22-15-14-20(30-13(10-26)19(27-28-30)11-6-2-1-3-7-11)12-8-4-5-9-29(12)21(14)18(25)17(24)16(15)23/h1-9H. The van der Waals surface area contributed by atoms with Gasteiger partial charge in [-0.15, -0.1) is 5.10 Å². The minimum atomic E-state index is -1.95. The Labute approximate surface area is 166 Å². The summed E-state index contributed by atoms with van der Waals surface area (Å²) in [6.45, 7) is 0. The van der Waals surface area contributed by atoms with Gasteiger partial charge in [0.25, 0.3) is 0 Å². The van der Waals surface area contributed by atoms with Crippen LogP contribution < -0.4 is 0 Å². The van der Waals surface area contributed by atoms with Crippen LogP contribution in [0.3, 0.4) is 0 Å². The van der Waals surface area contributed by atoms with Gasteiger partial charge in [0.1, 0.15) is 17.5 Å². The van der Waals surface area contributed by atoms with Crippen molar-refractivity contribution in [2.24, 2.45) is 0 Å². The molecule has 9 heteroatoms. The molecule has 0 bridgehead atoms. The van der Waals surface area contributed by atoms with Crippen molar-refractivity contribution in [1.29, 1.82) is 5.26 Å². The van der Waals surface area contributed by atoms with Gasteiger partial charge in [0.05, 0.1) is 16.4 Å². The molecule has 0 saturated carbocycles. The topological polar surface area (TPSA) is 58.9 Å². The Morgan fingerprint density at radius 3 is 2.27 bits per heavy atom.